The van der Waals surface area contributed by atoms with Crippen molar-refractivity contribution in [2.45, 2.75) is 23.7 Å². The number of rotatable bonds is 5. The number of nitrogens with zero attached hydrogens (tertiary/aromatic N) is 1. The Hall–Kier alpha value is -2.12. The topological polar surface area (TPSA) is 55.8 Å². The molecule has 2 aromatic carbocycles. The van der Waals surface area contributed by atoms with E-state index in [1.165, 1.54) is 30.2 Å². The van der Waals surface area contributed by atoms with E-state index in [0.717, 1.165) is 6.07 Å². The SMILES string of the molecule is COc1cc(F)c(S(=O)(=O)N2CCC(c3ccccc3)CC2)cc1OC. The Labute approximate surface area is 153 Å². The van der Waals surface area contributed by atoms with E-state index in [2.05, 4.69) is 12.1 Å². The highest BCUT2D eigenvalue weighted by atomic mass is 32.2. The maximum absolute atomic E-state index is 14.4. The molecule has 0 radical (unpaired) electrons. The van der Waals surface area contributed by atoms with Crippen LogP contribution in [-0.2, 0) is 10.0 Å². The van der Waals surface area contributed by atoms with Crippen molar-refractivity contribution in [2.75, 3.05) is 27.3 Å². The third kappa shape index (κ3) is 3.54. The van der Waals surface area contributed by atoms with Crippen LogP contribution in [0, 0.1) is 5.82 Å². The molecule has 0 amide bonds. The van der Waals surface area contributed by atoms with E-state index in [1.807, 2.05) is 18.2 Å². The van der Waals surface area contributed by atoms with Crippen molar-refractivity contribution in [3.63, 3.8) is 0 Å². The number of halogens is 1. The molecule has 2 aromatic rings. The highest BCUT2D eigenvalue weighted by molar-refractivity contribution is 7.89. The molecule has 0 N–H and O–H groups in total. The second-order valence-corrected chi connectivity index (χ2v) is 8.13. The molecule has 1 heterocycles. The Kier molecular flexibility index (Phi) is 5.48. The van der Waals surface area contributed by atoms with Crippen LogP contribution in [0.3, 0.4) is 0 Å². The van der Waals surface area contributed by atoms with Crippen LogP contribution in [0.4, 0.5) is 4.39 Å². The predicted molar refractivity (Wildman–Crippen MR) is 96.7 cm³/mol. The van der Waals surface area contributed by atoms with Gasteiger partial charge in [0.15, 0.2) is 11.5 Å². The normalized spacial score (nSPS) is 16.4. The van der Waals surface area contributed by atoms with Gasteiger partial charge in [0, 0.05) is 25.2 Å². The second-order valence-electron chi connectivity index (χ2n) is 6.23. The molecule has 1 saturated heterocycles. The molecule has 0 aromatic heterocycles. The quantitative estimate of drug-likeness (QED) is 0.799. The van der Waals surface area contributed by atoms with E-state index in [0.29, 0.717) is 31.8 Å². The van der Waals surface area contributed by atoms with Gasteiger partial charge < -0.3 is 9.47 Å². The van der Waals surface area contributed by atoms with Crippen molar-refractivity contribution < 1.29 is 22.3 Å². The molecule has 3 rings (SSSR count). The third-order valence-electron chi connectivity index (χ3n) is 4.78. The van der Waals surface area contributed by atoms with Crippen molar-refractivity contribution in [2.24, 2.45) is 0 Å². The van der Waals surface area contributed by atoms with E-state index in [9.17, 15) is 12.8 Å². The van der Waals surface area contributed by atoms with Crippen molar-refractivity contribution in [1.82, 2.24) is 4.31 Å². The molecule has 5 nitrogen and oxygen atoms in total. The lowest BCUT2D eigenvalue weighted by atomic mass is 9.90. The van der Waals surface area contributed by atoms with Gasteiger partial charge in [-0.3, -0.25) is 0 Å². The number of methoxy groups -OCH3 is 2. The van der Waals surface area contributed by atoms with Crippen molar-refractivity contribution in [1.29, 1.82) is 0 Å². The molecule has 0 spiro atoms. The van der Waals surface area contributed by atoms with Gasteiger partial charge in [0.1, 0.15) is 10.7 Å². The second kappa shape index (κ2) is 7.63. The van der Waals surface area contributed by atoms with Gasteiger partial charge in [-0.1, -0.05) is 30.3 Å². The number of hydrogen-bond acceptors (Lipinski definition) is 4. The van der Waals surface area contributed by atoms with E-state index in [-0.39, 0.29) is 16.4 Å². The molecule has 0 atom stereocenters. The fourth-order valence-corrected chi connectivity index (χ4v) is 4.86. The molecular formula is C19H22FNO4S. The van der Waals surface area contributed by atoms with Crippen LogP contribution in [0.5, 0.6) is 11.5 Å². The molecule has 0 saturated carbocycles. The van der Waals surface area contributed by atoms with Crippen LogP contribution in [0.25, 0.3) is 0 Å². The fraction of sp³-hybridized carbons (Fsp3) is 0.368. The van der Waals surface area contributed by atoms with Crippen molar-refractivity contribution in [3.05, 3.63) is 53.8 Å². The summed E-state index contributed by atoms with van der Waals surface area (Å²) in [4.78, 5) is -0.381. The third-order valence-corrected chi connectivity index (χ3v) is 6.69. The molecule has 7 heteroatoms. The summed E-state index contributed by atoms with van der Waals surface area (Å²) in [5, 5.41) is 0. The Morgan fingerprint density at radius 2 is 1.58 bits per heavy atom. The minimum atomic E-state index is -3.93. The summed E-state index contributed by atoms with van der Waals surface area (Å²) in [6.45, 7) is 0.714. The van der Waals surface area contributed by atoms with Gasteiger partial charge in [0.25, 0.3) is 0 Å². The van der Waals surface area contributed by atoms with Crippen LogP contribution in [0.2, 0.25) is 0 Å². The lowest BCUT2D eigenvalue weighted by molar-refractivity contribution is 0.317. The average molecular weight is 379 g/mol. The van der Waals surface area contributed by atoms with Gasteiger partial charge in [-0.2, -0.15) is 4.31 Å². The first-order valence-electron chi connectivity index (χ1n) is 8.44. The minimum Gasteiger partial charge on any atom is -0.493 e. The van der Waals surface area contributed by atoms with E-state index in [4.69, 9.17) is 9.47 Å². The summed E-state index contributed by atoms with van der Waals surface area (Å²) in [7, 11) is -1.17. The first-order valence-corrected chi connectivity index (χ1v) is 9.88. The van der Waals surface area contributed by atoms with Crippen LogP contribution < -0.4 is 9.47 Å². The molecule has 1 aliphatic heterocycles. The molecule has 1 fully saturated rings. The number of benzene rings is 2. The number of hydrogen-bond donors (Lipinski definition) is 0. The predicted octanol–water partition coefficient (Wildman–Crippen LogP) is 3.41. The Morgan fingerprint density at radius 1 is 1.00 bits per heavy atom. The van der Waals surface area contributed by atoms with Crippen LogP contribution >= 0.6 is 0 Å². The number of sulfonamides is 1. The number of piperidine rings is 1. The average Bonchev–Trinajstić information content (AvgIpc) is 2.68. The van der Waals surface area contributed by atoms with Gasteiger partial charge in [-0.05, 0) is 24.3 Å². The molecule has 140 valence electrons. The minimum absolute atomic E-state index is 0.159. The summed E-state index contributed by atoms with van der Waals surface area (Å²) in [5.74, 6) is -0.177. The monoisotopic (exact) mass is 379 g/mol. The molecule has 0 bridgehead atoms. The van der Waals surface area contributed by atoms with Gasteiger partial charge in [-0.25, -0.2) is 12.8 Å². The Morgan fingerprint density at radius 3 is 2.15 bits per heavy atom. The summed E-state index contributed by atoms with van der Waals surface area (Å²) in [5.41, 5.74) is 1.21. The smallest absolute Gasteiger partial charge is 0.246 e. The van der Waals surface area contributed by atoms with Crippen molar-refractivity contribution in [3.8, 4) is 11.5 Å². The molecule has 0 aliphatic carbocycles. The van der Waals surface area contributed by atoms with E-state index in [1.54, 1.807) is 0 Å². The van der Waals surface area contributed by atoms with Gasteiger partial charge >= 0.3 is 0 Å². The lowest BCUT2D eigenvalue weighted by Crippen LogP contribution is -2.38. The first kappa shape index (κ1) is 18.7. The van der Waals surface area contributed by atoms with Crippen molar-refractivity contribution >= 4 is 10.0 Å². The molecular weight excluding hydrogens is 357 g/mol. The maximum Gasteiger partial charge on any atom is 0.246 e. The summed E-state index contributed by atoms with van der Waals surface area (Å²) in [6, 6.07) is 12.3. The fourth-order valence-electron chi connectivity index (χ4n) is 3.33. The number of ether oxygens (including phenoxy) is 2. The van der Waals surface area contributed by atoms with Gasteiger partial charge in [-0.15, -0.1) is 0 Å². The van der Waals surface area contributed by atoms with Crippen LogP contribution in [0.15, 0.2) is 47.4 Å². The lowest BCUT2D eigenvalue weighted by Gasteiger charge is -2.31. The first-order chi connectivity index (χ1) is 12.5. The van der Waals surface area contributed by atoms with Gasteiger partial charge in [0.05, 0.1) is 14.2 Å². The molecule has 1 aliphatic rings. The van der Waals surface area contributed by atoms with Crippen LogP contribution in [0.1, 0.15) is 24.3 Å². The van der Waals surface area contributed by atoms with Crippen LogP contribution in [-0.4, -0.2) is 40.0 Å². The summed E-state index contributed by atoms with van der Waals surface area (Å²) >= 11 is 0. The standard InChI is InChI=1S/C19H22FNO4S/c1-24-17-12-16(20)19(13-18(17)25-2)26(22,23)21-10-8-15(9-11-21)14-6-4-3-5-7-14/h3-7,12-13,15H,8-11H2,1-2H3. The molecule has 0 unspecified atom stereocenters. The highest BCUT2D eigenvalue weighted by Gasteiger charge is 2.32. The Balaban J connectivity index is 1.82. The summed E-state index contributed by atoms with van der Waals surface area (Å²) < 4.78 is 51.7. The highest BCUT2D eigenvalue weighted by Crippen LogP contribution is 2.35. The molecule has 26 heavy (non-hydrogen) atoms. The summed E-state index contributed by atoms with van der Waals surface area (Å²) in [6.07, 6.45) is 1.41. The zero-order valence-corrected chi connectivity index (χ0v) is 15.6. The van der Waals surface area contributed by atoms with E-state index >= 15 is 0 Å². The zero-order valence-electron chi connectivity index (χ0n) is 14.8. The largest absolute Gasteiger partial charge is 0.493 e. The van der Waals surface area contributed by atoms with Gasteiger partial charge in [0.2, 0.25) is 10.0 Å². The maximum atomic E-state index is 14.4. The van der Waals surface area contributed by atoms with E-state index < -0.39 is 15.8 Å². The Bertz CT molecular complexity index is 863. The zero-order chi connectivity index (χ0) is 18.7.